The summed E-state index contributed by atoms with van der Waals surface area (Å²) in [7, 11) is 0. The standard InChI is InChI=1S/C14H16O3/c1-9(13(15)16)10-4-5-12-11(8-10)6-7-14(2,3)17-12/h4-5,8H,1,6-7H2,2-3H3,(H,15,16). The van der Waals surface area contributed by atoms with Crippen LogP contribution in [0, 0.1) is 0 Å². The molecule has 0 aromatic heterocycles. The summed E-state index contributed by atoms with van der Waals surface area (Å²) in [6.07, 6.45) is 1.84. The van der Waals surface area contributed by atoms with Crippen molar-refractivity contribution in [3.05, 3.63) is 35.9 Å². The van der Waals surface area contributed by atoms with Gasteiger partial charge in [0.2, 0.25) is 0 Å². The molecule has 1 aromatic rings. The maximum Gasteiger partial charge on any atom is 0.335 e. The lowest BCUT2D eigenvalue weighted by Crippen LogP contribution is -2.32. The highest BCUT2D eigenvalue weighted by atomic mass is 16.5. The number of benzene rings is 1. The molecule has 90 valence electrons. The zero-order valence-electron chi connectivity index (χ0n) is 10.1. The molecule has 1 aliphatic heterocycles. The normalized spacial score (nSPS) is 16.8. The second kappa shape index (κ2) is 3.91. The van der Waals surface area contributed by atoms with Gasteiger partial charge in [0.25, 0.3) is 0 Å². The van der Waals surface area contributed by atoms with Crippen molar-refractivity contribution in [1.82, 2.24) is 0 Å². The maximum absolute atomic E-state index is 10.8. The Morgan fingerprint density at radius 3 is 2.82 bits per heavy atom. The maximum atomic E-state index is 10.8. The van der Waals surface area contributed by atoms with Crippen molar-refractivity contribution >= 4 is 11.5 Å². The van der Waals surface area contributed by atoms with E-state index in [1.165, 1.54) is 0 Å². The van der Waals surface area contributed by atoms with E-state index in [1.807, 2.05) is 12.1 Å². The number of ether oxygens (including phenoxy) is 1. The third-order valence-electron chi connectivity index (χ3n) is 3.05. The van der Waals surface area contributed by atoms with E-state index in [1.54, 1.807) is 6.07 Å². The molecule has 0 spiro atoms. The van der Waals surface area contributed by atoms with Gasteiger partial charge < -0.3 is 9.84 Å². The fourth-order valence-electron chi connectivity index (χ4n) is 1.97. The lowest BCUT2D eigenvalue weighted by molar-refractivity contribution is -0.130. The molecule has 1 aromatic carbocycles. The highest BCUT2D eigenvalue weighted by Gasteiger charge is 2.26. The molecule has 0 fully saturated rings. The van der Waals surface area contributed by atoms with E-state index in [2.05, 4.69) is 20.4 Å². The second-order valence-electron chi connectivity index (χ2n) is 4.97. The van der Waals surface area contributed by atoms with E-state index in [9.17, 15) is 4.79 Å². The number of aryl methyl sites for hydroxylation is 1. The first kappa shape index (κ1) is 11.7. The molecule has 0 radical (unpaired) electrons. The third-order valence-corrected chi connectivity index (χ3v) is 3.05. The Labute approximate surface area is 101 Å². The highest BCUT2D eigenvalue weighted by molar-refractivity contribution is 6.14. The Morgan fingerprint density at radius 1 is 1.47 bits per heavy atom. The number of aliphatic carboxylic acids is 1. The van der Waals surface area contributed by atoms with Gasteiger partial charge in [-0.1, -0.05) is 12.6 Å². The van der Waals surface area contributed by atoms with Gasteiger partial charge in [0.1, 0.15) is 11.4 Å². The molecule has 0 aliphatic carbocycles. The van der Waals surface area contributed by atoms with Crippen LogP contribution in [0.4, 0.5) is 0 Å². The SMILES string of the molecule is C=C(C(=O)O)c1ccc2c(c1)CCC(C)(C)O2. The minimum absolute atomic E-state index is 0.123. The van der Waals surface area contributed by atoms with Crippen molar-refractivity contribution in [3.8, 4) is 5.75 Å². The summed E-state index contributed by atoms with van der Waals surface area (Å²) in [6, 6.07) is 5.44. The van der Waals surface area contributed by atoms with Crippen molar-refractivity contribution in [3.63, 3.8) is 0 Å². The Kier molecular flexibility index (Phi) is 2.69. The van der Waals surface area contributed by atoms with Crippen LogP contribution in [0.3, 0.4) is 0 Å². The largest absolute Gasteiger partial charge is 0.488 e. The second-order valence-corrected chi connectivity index (χ2v) is 4.97. The fourth-order valence-corrected chi connectivity index (χ4v) is 1.97. The molecule has 0 bridgehead atoms. The van der Waals surface area contributed by atoms with Gasteiger partial charge in [-0.25, -0.2) is 4.79 Å². The quantitative estimate of drug-likeness (QED) is 0.797. The lowest BCUT2D eigenvalue weighted by Gasteiger charge is -2.32. The van der Waals surface area contributed by atoms with Gasteiger partial charge in [-0.3, -0.25) is 0 Å². The summed E-state index contributed by atoms with van der Waals surface area (Å²) in [5.74, 6) is -0.134. The van der Waals surface area contributed by atoms with Gasteiger partial charge in [0.05, 0.1) is 5.57 Å². The van der Waals surface area contributed by atoms with Crippen LogP contribution in [0.5, 0.6) is 5.75 Å². The van der Waals surface area contributed by atoms with Crippen molar-refractivity contribution in [2.45, 2.75) is 32.3 Å². The average Bonchev–Trinajstić information content (AvgIpc) is 2.26. The van der Waals surface area contributed by atoms with Crippen LogP contribution in [0.2, 0.25) is 0 Å². The number of carboxylic acids is 1. The van der Waals surface area contributed by atoms with Gasteiger partial charge >= 0.3 is 5.97 Å². The summed E-state index contributed by atoms with van der Waals surface area (Å²) in [5, 5.41) is 8.89. The van der Waals surface area contributed by atoms with Crippen LogP contribution < -0.4 is 4.74 Å². The number of carbonyl (C=O) groups is 1. The van der Waals surface area contributed by atoms with E-state index in [0.29, 0.717) is 5.56 Å². The monoisotopic (exact) mass is 232 g/mol. The zero-order valence-corrected chi connectivity index (χ0v) is 10.1. The van der Waals surface area contributed by atoms with Crippen LogP contribution in [-0.2, 0) is 11.2 Å². The summed E-state index contributed by atoms with van der Waals surface area (Å²) >= 11 is 0. The number of rotatable bonds is 2. The summed E-state index contributed by atoms with van der Waals surface area (Å²) < 4.78 is 5.84. The number of carboxylic acid groups (broad SMARTS) is 1. The topological polar surface area (TPSA) is 46.5 Å². The molecule has 3 nitrogen and oxygen atoms in total. The van der Waals surface area contributed by atoms with E-state index >= 15 is 0 Å². The molecule has 0 saturated heterocycles. The fraction of sp³-hybridized carbons (Fsp3) is 0.357. The molecule has 17 heavy (non-hydrogen) atoms. The van der Waals surface area contributed by atoms with Gasteiger partial charge in [0.15, 0.2) is 0 Å². The highest BCUT2D eigenvalue weighted by Crippen LogP contribution is 2.34. The van der Waals surface area contributed by atoms with E-state index in [4.69, 9.17) is 9.84 Å². The summed E-state index contributed by atoms with van der Waals surface area (Å²) in [5.41, 5.74) is 1.69. The van der Waals surface area contributed by atoms with Crippen molar-refractivity contribution in [1.29, 1.82) is 0 Å². The van der Waals surface area contributed by atoms with Gasteiger partial charge in [-0.15, -0.1) is 0 Å². The lowest BCUT2D eigenvalue weighted by atomic mass is 9.92. The number of fused-ring (bicyclic) bond motifs is 1. The molecular formula is C14H16O3. The van der Waals surface area contributed by atoms with Gasteiger partial charge in [-0.05, 0) is 49.9 Å². The summed E-state index contributed by atoms with van der Waals surface area (Å²) in [6.45, 7) is 7.67. The molecule has 3 heteroatoms. The molecular weight excluding hydrogens is 216 g/mol. The minimum Gasteiger partial charge on any atom is -0.488 e. The van der Waals surface area contributed by atoms with E-state index in [0.717, 1.165) is 24.2 Å². The van der Waals surface area contributed by atoms with Crippen molar-refractivity contribution in [2.24, 2.45) is 0 Å². The zero-order chi connectivity index (χ0) is 12.6. The molecule has 0 atom stereocenters. The van der Waals surface area contributed by atoms with Crippen LogP contribution in [0.15, 0.2) is 24.8 Å². The van der Waals surface area contributed by atoms with E-state index in [-0.39, 0.29) is 11.2 Å². The summed E-state index contributed by atoms with van der Waals surface area (Å²) in [4.78, 5) is 10.8. The van der Waals surface area contributed by atoms with E-state index < -0.39 is 5.97 Å². The number of hydrogen-bond donors (Lipinski definition) is 1. The Hall–Kier alpha value is -1.77. The molecule has 0 saturated carbocycles. The molecule has 1 heterocycles. The van der Waals surface area contributed by atoms with Crippen molar-refractivity contribution in [2.75, 3.05) is 0 Å². The molecule has 1 aliphatic rings. The molecule has 0 unspecified atom stereocenters. The van der Waals surface area contributed by atoms with Gasteiger partial charge in [-0.2, -0.15) is 0 Å². The van der Waals surface area contributed by atoms with Crippen LogP contribution >= 0.6 is 0 Å². The molecule has 0 amide bonds. The first-order valence-electron chi connectivity index (χ1n) is 5.63. The van der Waals surface area contributed by atoms with Crippen LogP contribution in [0.25, 0.3) is 5.57 Å². The third kappa shape index (κ3) is 2.33. The first-order valence-corrected chi connectivity index (χ1v) is 5.63. The van der Waals surface area contributed by atoms with Crippen LogP contribution in [-0.4, -0.2) is 16.7 Å². The van der Waals surface area contributed by atoms with Crippen LogP contribution in [0.1, 0.15) is 31.4 Å². The smallest absolute Gasteiger partial charge is 0.335 e. The molecule has 1 N–H and O–H groups in total. The van der Waals surface area contributed by atoms with Crippen molar-refractivity contribution < 1.29 is 14.6 Å². The Bertz CT molecular complexity index is 486. The Morgan fingerprint density at radius 2 is 2.18 bits per heavy atom. The average molecular weight is 232 g/mol. The predicted octanol–water partition coefficient (Wildman–Crippen LogP) is 2.89. The number of hydrogen-bond acceptors (Lipinski definition) is 2. The molecule has 2 rings (SSSR count). The van der Waals surface area contributed by atoms with Gasteiger partial charge in [0, 0.05) is 0 Å². The Balaban J connectivity index is 2.34. The predicted molar refractivity (Wildman–Crippen MR) is 66.1 cm³/mol. The minimum atomic E-state index is -0.984. The first-order chi connectivity index (χ1) is 7.89.